The van der Waals surface area contributed by atoms with E-state index in [-0.39, 0.29) is 62.4 Å². The van der Waals surface area contributed by atoms with Gasteiger partial charge in [0.2, 0.25) is 5.91 Å². The van der Waals surface area contributed by atoms with Crippen molar-refractivity contribution in [3.63, 3.8) is 0 Å². The molecule has 174 valence electrons. The summed E-state index contributed by atoms with van der Waals surface area (Å²) in [7, 11) is 0. The summed E-state index contributed by atoms with van der Waals surface area (Å²) in [5, 5.41) is 10.6. The van der Waals surface area contributed by atoms with Gasteiger partial charge in [0, 0.05) is 56.9 Å². The molecule has 12 heteroatoms. The van der Waals surface area contributed by atoms with Gasteiger partial charge in [0.05, 0.1) is 12.2 Å². The first-order valence-corrected chi connectivity index (χ1v) is 10.2. The van der Waals surface area contributed by atoms with Crippen molar-refractivity contribution in [2.24, 2.45) is 5.73 Å². The summed E-state index contributed by atoms with van der Waals surface area (Å²) < 4.78 is 67.3. The van der Waals surface area contributed by atoms with Crippen molar-refractivity contribution in [3.05, 3.63) is 22.8 Å². The van der Waals surface area contributed by atoms with Crippen LogP contribution in [0.2, 0.25) is 0 Å². The Labute approximate surface area is 176 Å². The van der Waals surface area contributed by atoms with Crippen LogP contribution in [0.3, 0.4) is 0 Å². The van der Waals surface area contributed by atoms with E-state index in [9.17, 15) is 31.9 Å². The summed E-state index contributed by atoms with van der Waals surface area (Å²) in [6.45, 7) is 0.948. The Balaban J connectivity index is 1.65. The number of hydrogen-bond donors (Lipinski definition) is 2. The minimum absolute atomic E-state index is 0.0112. The lowest BCUT2D eigenvalue weighted by Gasteiger charge is -2.36. The third-order valence-corrected chi connectivity index (χ3v) is 5.60. The van der Waals surface area contributed by atoms with Crippen molar-refractivity contribution in [1.82, 2.24) is 19.8 Å². The van der Waals surface area contributed by atoms with Crippen LogP contribution in [0.15, 0.2) is 0 Å². The third-order valence-electron chi connectivity index (χ3n) is 5.60. The Morgan fingerprint density at radius 1 is 1.26 bits per heavy atom. The van der Waals surface area contributed by atoms with Crippen LogP contribution in [-0.2, 0) is 30.4 Å². The third kappa shape index (κ3) is 5.66. The summed E-state index contributed by atoms with van der Waals surface area (Å²) in [6, 6.07) is -0.767. The molecule has 1 amide bonds. The number of nitrogens with two attached hydrogens (primary N) is 1. The Bertz CT molecular complexity index is 820. The average molecular weight is 451 g/mol. The molecule has 0 aliphatic carbocycles. The standard InChI is InChI=1S/C19H26F5N5O2/c1-2-14-26-13-9-28(6-4-12(13)17(27-14)19(22,23)24)16(31)7-11(25)8-29-10-18(20,21)5-3-15(29)30/h11,16,31H,2-10,25H2,1H3/t11-,16?/m0/s1. The quantitative estimate of drug-likeness (QED) is 0.640. The number of piperidine rings is 1. The molecule has 0 saturated carbocycles. The summed E-state index contributed by atoms with van der Waals surface area (Å²) in [5.74, 6) is -3.30. The molecule has 3 heterocycles. The van der Waals surface area contributed by atoms with E-state index in [1.54, 1.807) is 11.8 Å². The van der Waals surface area contributed by atoms with Crippen LogP contribution in [0.25, 0.3) is 0 Å². The second-order valence-corrected chi connectivity index (χ2v) is 8.09. The minimum atomic E-state index is -4.59. The molecule has 0 bridgehead atoms. The van der Waals surface area contributed by atoms with Gasteiger partial charge in [-0.2, -0.15) is 13.2 Å². The van der Waals surface area contributed by atoms with Gasteiger partial charge in [-0.3, -0.25) is 9.69 Å². The Kier molecular flexibility index (Phi) is 6.82. The highest BCUT2D eigenvalue weighted by atomic mass is 19.4. The van der Waals surface area contributed by atoms with Gasteiger partial charge >= 0.3 is 6.18 Å². The van der Waals surface area contributed by atoms with Crippen LogP contribution < -0.4 is 5.73 Å². The molecule has 1 saturated heterocycles. The minimum Gasteiger partial charge on any atom is -0.378 e. The van der Waals surface area contributed by atoms with Gasteiger partial charge in [-0.25, -0.2) is 18.7 Å². The number of aromatic nitrogens is 2. The normalized spacial score (nSPS) is 21.7. The average Bonchev–Trinajstić information content (AvgIpc) is 2.68. The van der Waals surface area contributed by atoms with Gasteiger partial charge in [-0.1, -0.05) is 6.92 Å². The number of carbonyl (C=O) groups excluding carboxylic acids is 1. The molecule has 2 aliphatic heterocycles. The van der Waals surface area contributed by atoms with Crippen molar-refractivity contribution in [1.29, 1.82) is 0 Å². The number of likely N-dealkylation sites (tertiary alicyclic amines) is 1. The smallest absolute Gasteiger partial charge is 0.378 e. The van der Waals surface area contributed by atoms with E-state index in [4.69, 9.17) is 5.73 Å². The molecule has 1 aromatic rings. The predicted octanol–water partition coefficient (Wildman–Crippen LogP) is 1.71. The van der Waals surface area contributed by atoms with Crippen molar-refractivity contribution in [3.8, 4) is 0 Å². The highest BCUT2D eigenvalue weighted by Gasteiger charge is 2.41. The van der Waals surface area contributed by atoms with Crippen molar-refractivity contribution in [2.45, 2.75) is 69.9 Å². The van der Waals surface area contributed by atoms with Crippen LogP contribution in [0.5, 0.6) is 0 Å². The van der Waals surface area contributed by atoms with Gasteiger partial charge in [0.15, 0.2) is 5.69 Å². The molecule has 2 atom stereocenters. The van der Waals surface area contributed by atoms with E-state index in [0.717, 1.165) is 4.90 Å². The maximum atomic E-state index is 13.6. The van der Waals surface area contributed by atoms with Crippen LogP contribution in [0.1, 0.15) is 49.0 Å². The van der Waals surface area contributed by atoms with E-state index in [0.29, 0.717) is 0 Å². The first-order valence-electron chi connectivity index (χ1n) is 10.2. The van der Waals surface area contributed by atoms with E-state index >= 15 is 0 Å². The number of amides is 1. The number of aliphatic hydroxyl groups excluding tert-OH is 1. The van der Waals surface area contributed by atoms with Crippen molar-refractivity contribution in [2.75, 3.05) is 19.6 Å². The summed E-state index contributed by atoms with van der Waals surface area (Å²) in [4.78, 5) is 22.3. The molecule has 0 aromatic carbocycles. The Hall–Kier alpha value is -1.92. The highest BCUT2D eigenvalue weighted by Crippen LogP contribution is 2.34. The summed E-state index contributed by atoms with van der Waals surface area (Å²) in [5.41, 5.74) is 5.28. The van der Waals surface area contributed by atoms with Crippen molar-refractivity contribution >= 4 is 5.91 Å². The molecular weight excluding hydrogens is 425 g/mol. The molecule has 2 aliphatic rings. The number of fused-ring (bicyclic) bond motifs is 1. The van der Waals surface area contributed by atoms with Gasteiger partial charge in [0.25, 0.3) is 5.92 Å². The van der Waals surface area contributed by atoms with E-state index < -0.39 is 48.9 Å². The molecule has 3 rings (SSSR count). The molecule has 7 nitrogen and oxygen atoms in total. The first-order chi connectivity index (χ1) is 14.4. The maximum Gasteiger partial charge on any atom is 0.433 e. The molecule has 1 fully saturated rings. The number of hydrogen-bond acceptors (Lipinski definition) is 6. The Morgan fingerprint density at radius 2 is 1.97 bits per heavy atom. The fourth-order valence-corrected chi connectivity index (χ4v) is 3.99. The van der Waals surface area contributed by atoms with Crippen LogP contribution in [0, 0.1) is 0 Å². The van der Waals surface area contributed by atoms with Crippen molar-refractivity contribution < 1.29 is 31.9 Å². The summed E-state index contributed by atoms with van der Waals surface area (Å²) in [6.07, 6.45) is -6.24. The van der Waals surface area contributed by atoms with Crippen LogP contribution in [-0.4, -0.2) is 68.6 Å². The second-order valence-electron chi connectivity index (χ2n) is 8.09. The number of rotatable bonds is 6. The monoisotopic (exact) mass is 451 g/mol. The predicted molar refractivity (Wildman–Crippen MR) is 99.9 cm³/mol. The topological polar surface area (TPSA) is 95.6 Å². The first kappa shape index (κ1) is 23.7. The largest absolute Gasteiger partial charge is 0.433 e. The molecular formula is C19H26F5N5O2. The molecule has 0 spiro atoms. The van der Waals surface area contributed by atoms with E-state index in [1.165, 1.54) is 0 Å². The zero-order chi connectivity index (χ0) is 23.0. The van der Waals surface area contributed by atoms with Gasteiger partial charge in [0.1, 0.15) is 12.1 Å². The lowest BCUT2D eigenvalue weighted by molar-refractivity contribution is -0.147. The van der Waals surface area contributed by atoms with Crippen LogP contribution in [0.4, 0.5) is 22.0 Å². The lowest BCUT2D eigenvalue weighted by atomic mass is 10.0. The number of halogens is 5. The van der Waals surface area contributed by atoms with E-state index in [1.807, 2.05) is 0 Å². The number of aliphatic hydroxyl groups is 1. The number of alkyl halides is 5. The second kappa shape index (κ2) is 8.91. The van der Waals surface area contributed by atoms with Gasteiger partial charge < -0.3 is 15.7 Å². The molecule has 0 radical (unpaired) electrons. The van der Waals surface area contributed by atoms with Gasteiger partial charge in [-0.15, -0.1) is 0 Å². The fourth-order valence-electron chi connectivity index (χ4n) is 3.99. The van der Waals surface area contributed by atoms with Gasteiger partial charge in [-0.05, 0) is 6.42 Å². The SMILES string of the molecule is CCc1nc2c(c(C(F)(F)F)n1)CCN(C(O)C[C@H](N)CN1CC(F)(F)CCC1=O)C2. The molecule has 3 N–H and O–H groups in total. The molecule has 1 unspecified atom stereocenters. The maximum absolute atomic E-state index is 13.6. The summed E-state index contributed by atoms with van der Waals surface area (Å²) >= 11 is 0. The molecule has 31 heavy (non-hydrogen) atoms. The zero-order valence-corrected chi connectivity index (χ0v) is 17.1. The lowest BCUT2D eigenvalue weighted by Crippen LogP contribution is -2.52. The Morgan fingerprint density at radius 3 is 2.61 bits per heavy atom. The number of nitrogens with zero attached hydrogens (tertiary/aromatic N) is 4. The van der Waals surface area contributed by atoms with E-state index in [2.05, 4.69) is 9.97 Å². The number of carbonyl (C=O) groups is 1. The van der Waals surface area contributed by atoms with Crippen LogP contribution >= 0.6 is 0 Å². The number of aryl methyl sites for hydroxylation is 1. The highest BCUT2D eigenvalue weighted by molar-refractivity contribution is 5.77. The fraction of sp³-hybridized carbons (Fsp3) is 0.737. The molecule has 1 aromatic heterocycles. The zero-order valence-electron chi connectivity index (χ0n) is 17.1.